The molecule has 1 atom stereocenters. The molecule has 1 fully saturated rings. The summed E-state index contributed by atoms with van der Waals surface area (Å²) in [6.07, 6.45) is 0.717. The molecule has 3 heterocycles. The Morgan fingerprint density at radius 3 is 2.62 bits per heavy atom. The van der Waals surface area contributed by atoms with E-state index in [0.717, 1.165) is 30.8 Å². The normalized spacial score (nSPS) is 16.2. The minimum Gasteiger partial charge on any atom is -0.337 e. The lowest BCUT2D eigenvalue weighted by molar-refractivity contribution is 0.0555. The van der Waals surface area contributed by atoms with Crippen molar-refractivity contribution >= 4 is 17.4 Å². The Morgan fingerprint density at radius 2 is 1.93 bits per heavy atom. The van der Waals surface area contributed by atoms with Crippen molar-refractivity contribution in [2.24, 2.45) is 0 Å². The Balaban J connectivity index is 1.38. The molecule has 0 saturated carbocycles. The number of hydrogen-bond donors (Lipinski definition) is 0. The molecule has 1 amide bonds. The quantitative estimate of drug-likeness (QED) is 0.636. The Labute approximate surface area is 173 Å². The first kappa shape index (κ1) is 19.7. The van der Waals surface area contributed by atoms with E-state index < -0.39 is 0 Å². The fourth-order valence-electron chi connectivity index (χ4n) is 3.44. The molecule has 1 aliphatic heterocycles. The predicted octanol–water partition coefficient (Wildman–Crippen LogP) is 2.98. The Hall–Kier alpha value is -2.65. The number of amides is 1. The van der Waals surface area contributed by atoms with Crippen LogP contribution in [0.25, 0.3) is 11.4 Å². The molecule has 3 aromatic rings. The van der Waals surface area contributed by atoms with Crippen molar-refractivity contribution in [3.05, 3.63) is 46.3 Å². The van der Waals surface area contributed by atoms with E-state index in [0.29, 0.717) is 29.7 Å². The van der Waals surface area contributed by atoms with E-state index in [-0.39, 0.29) is 11.9 Å². The molecule has 2 aromatic heterocycles. The predicted molar refractivity (Wildman–Crippen MR) is 110 cm³/mol. The zero-order valence-electron chi connectivity index (χ0n) is 16.8. The number of piperazine rings is 1. The van der Waals surface area contributed by atoms with Gasteiger partial charge in [-0.25, -0.2) is 0 Å². The standard InChI is InChI=1S/C20H24N6O2S/c1-4-16-17(29-24-22-16)20(27)26-11-9-25(10-12-26)14(3)19-21-18(23-28-19)15-7-5-13(2)6-8-15/h5-8,14H,4,9-12H2,1-3H3/t14-/m1/s1. The Bertz CT molecular complexity index is 975. The summed E-state index contributed by atoms with van der Waals surface area (Å²) in [5.74, 6) is 1.23. The number of carbonyl (C=O) groups excluding carboxylic acids is 1. The van der Waals surface area contributed by atoms with Crippen molar-refractivity contribution in [3.8, 4) is 11.4 Å². The van der Waals surface area contributed by atoms with E-state index in [1.807, 2.05) is 43.0 Å². The molecule has 9 heteroatoms. The number of carbonyl (C=O) groups is 1. The summed E-state index contributed by atoms with van der Waals surface area (Å²) in [6, 6.07) is 8.06. The van der Waals surface area contributed by atoms with Crippen molar-refractivity contribution in [3.63, 3.8) is 0 Å². The lowest BCUT2D eigenvalue weighted by Crippen LogP contribution is -2.49. The maximum Gasteiger partial charge on any atom is 0.267 e. The van der Waals surface area contributed by atoms with Crippen molar-refractivity contribution < 1.29 is 9.32 Å². The minimum absolute atomic E-state index is 0.00442. The van der Waals surface area contributed by atoms with Gasteiger partial charge in [-0.3, -0.25) is 9.69 Å². The molecule has 0 unspecified atom stereocenters. The second-order valence-corrected chi connectivity index (χ2v) is 7.98. The molecule has 0 N–H and O–H groups in total. The largest absolute Gasteiger partial charge is 0.337 e. The molecule has 29 heavy (non-hydrogen) atoms. The van der Waals surface area contributed by atoms with E-state index in [1.54, 1.807) is 0 Å². The summed E-state index contributed by atoms with van der Waals surface area (Å²) in [5.41, 5.74) is 2.92. The maximum absolute atomic E-state index is 12.8. The van der Waals surface area contributed by atoms with Crippen LogP contribution in [-0.2, 0) is 6.42 Å². The number of rotatable bonds is 5. The minimum atomic E-state index is -0.00442. The van der Waals surface area contributed by atoms with Crippen LogP contribution in [0.15, 0.2) is 28.8 Å². The average molecular weight is 413 g/mol. The molecule has 1 aliphatic rings. The topological polar surface area (TPSA) is 88.3 Å². The van der Waals surface area contributed by atoms with Gasteiger partial charge in [0, 0.05) is 31.7 Å². The van der Waals surface area contributed by atoms with Gasteiger partial charge < -0.3 is 9.42 Å². The van der Waals surface area contributed by atoms with Crippen LogP contribution < -0.4 is 0 Å². The van der Waals surface area contributed by atoms with Crippen molar-refractivity contribution in [2.45, 2.75) is 33.2 Å². The average Bonchev–Trinajstić information content (AvgIpc) is 3.43. The van der Waals surface area contributed by atoms with Gasteiger partial charge in [-0.2, -0.15) is 4.98 Å². The first-order valence-electron chi connectivity index (χ1n) is 9.82. The van der Waals surface area contributed by atoms with Gasteiger partial charge in [-0.1, -0.05) is 46.4 Å². The third-order valence-corrected chi connectivity index (χ3v) is 6.10. The maximum atomic E-state index is 12.8. The molecule has 0 aliphatic carbocycles. The van der Waals surface area contributed by atoms with Gasteiger partial charge in [-0.05, 0) is 31.8 Å². The van der Waals surface area contributed by atoms with E-state index in [1.165, 1.54) is 17.1 Å². The van der Waals surface area contributed by atoms with Gasteiger partial charge in [-0.15, -0.1) is 5.10 Å². The first-order chi connectivity index (χ1) is 14.1. The molecular weight excluding hydrogens is 388 g/mol. The molecule has 1 aromatic carbocycles. The summed E-state index contributed by atoms with van der Waals surface area (Å²) in [5, 5.41) is 8.19. The molecule has 0 bridgehead atoms. The summed E-state index contributed by atoms with van der Waals surface area (Å²) in [6.45, 7) is 8.92. The van der Waals surface area contributed by atoms with Gasteiger partial charge in [0.15, 0.2) is 0 Å². The van der Waals surface area contributed by atoms with Gasteiger partial charge in [0.25, 0.3) is 5.91 Å². The third-order valence-electron chi connectivity index (χ3n) is 5.34. The fraction of sp³-hybridized carbons (Fsp3) is 0.450. The van der Waals surface area contributed by atoms with Gasteiger partial charge in [0.1, 0.15) is 4.88 Å². The highest BCUT2D eigenvalue weighted by Gasteiger charge is 2.29. The van der Waals surface area contributed by atoms with Crippen molar-refractivity contribution in [1.82, 2.24) is 29.5 Å². The number of aromatic nitrogens is 4. The van der Waals surface area contributed by atoms with Crippen LogP contribution in [0.1, 0.15) is 46.7 Å². The second-order valence-electron chi connectivity index (χ2n) is 7.23. The van der Waals surface area contributed by atoms with Crippen LogP contribution in [0.2, 0.25) is 0 Å². The van der Waals surface area contributed by atoms with Gasteiger partial charge >= 0.3 is 0 Å². The highest BCUT2D eigenvalue weighted by atomic mass is 32.1. The molecular formula is C20H24N6O2S. The second kappa shape index (κ2) is 8.38. The van der Waals surface area contributed by atoms with Crippen LogP contribution >= 0.6 is 11.5 Å². The van der Waals surface area contributed by atoms with Crippen molar-refractivity contribution in [2.75, 3.05) is 26.2 Å². The SMILES string of the molecule is CCc1nnsc1C(=O)N1CCN([C@H](C)c2nc(-c3ccc(C)cc3)no2)CC1. The van der Waals surface area contributed by atoms with Crippen LogP contribution in [0.4, 0.5) is 0 Å². The summed E-state index contributed by atoms with van der Waals surface area (Å²) in [4.78, 5) is 22.2. The zero-order valence-corrected chi connectivity index (χ0v) is 17.6. The van der Waals surface area contributed by atoms with Gasteiger partial charge in [0.2, 0.25) is 11.7 Å². The lowest BCUT2D eigenvalue weighted by atomic mass is 10.1. The summed E-state index contributed by atoms with van der Waals surface area (Å²) in [7, 11) is 0. The number of aryl methyl sites for hydroxylation is 2. The molecule has 4 rings (SSSR count). The lowest BCUT2D eigenvalue weighted by Gasteiger charge is -2.36. The van der Waals surface area contributed by atoms with Crippen LogP contribution in [0.3, 0.4) is 0 Å². The monoisotopic (exact) mass is 412 g/mol. The Kier molecular flexibility index (Phi) is 5.68. The van der Waals surface area contributed by atoms with E-state index >= 15 is 0 Å². The number of hydrogen-bond acceptors (Lipinski definition) is 8. The number of nitrogens with zero attached hydrogens (tertiary/aromatic N) is 6. The van der Waals surface area contributed by atoms with E-state index in [9.17, 15) is 4.79 Å². The third kappa shape index (κ3) is 4.06. The first-order valence-corrected chi connectivity index (χ1v) is 10.6. The fourth-order valence-corrected chi connectivity index (χ4v) is 4.16. The van der Waals surface area contributed by atoms with Crippen LogP contribution in [-0.4, -0.2) is 61.6 Å². The number of benzene rings is 1. The van der Waals surface area contributed by atoms with Crippen molar-refractivity contribution in [1.29, 1.82) is 0 Å². The van der Waals surface area contributed by atoms with Gasteiger partial charge in [0.05, 0.1) is 11.7 Å². The molecule has 1 saturated heterocycles. The molecule has 0 spiro atoms. The molecule has 8 nitrogen and oxygen atoms in total. The van der Waals surface area contributed by atoms with E-state index in [4.69, 9.17) is 4.52 Å². The summed E-state index contributed by atoms with van der Waals surface area (Å²) >= 11 is 1.18. The molecule has 0 radical (unpaired) electrons. The van der Waals surface area contributed by atoms with E-state index in [2.05, 4.69) is 31.6 Å². The summed E-state index contributed by atoms with van der Waals surface area (Å²) < 4.78 is 9.46. The van der Waals surface area contributed by atoms with Crippen LogP contribution in [0, 0.1) is 6.92 Å². The Morgan fingerprint density at radius 1 is 1.21 bits per heavy atom. The highest BCUT2D eigenvalue weighted by Crippen LogP contribution is 2.24. The highest BCUT2D eigenvalue weighted by molar-refractivity contribution is 7.08. The smallest absolute Gasteiger partial charge is 0.267 e. The van der Waals surface area contributed by atoms with Crippen LogP contribution in [0.5, 0.6) is 0 Å². The zero-order chi connectivity index (χ0) is 20.4. The molecule has 152 valence electrons.